The molecule has 0 amide bonds. The number of hydrogen-bond acceptors (Lipinski definition) is 1. The van der Waals surface area contributed by atoms with Crippen LogP contribution in [-0.2, 0) is 6.42 Å². The van der Waals surface area contributed by atoms with Crippen LogP contribution >= 0.6 is 0 Å². The first-order chi connectivity index (χ1) is 5.75. The maximum atomic E-state index is 5.60. The molecule has 2 unspecified atom stereocenters. The lowest BCUT2D eigenvalue weighted by molar-refractivity contribution is 0.747. The van der Waals surface area contributed by atoms with Gasteiger partial charge in [-0.25, -0.2) is 0 Å². The second-order valence-electron chi connectivity index (χ2n) is 3.92. The minimum atomic E-state index is 0.864. The molecule has 1 saturated carbocycles. The highest BCUT2D eigenvalue weighted by molar-refractivity contribution is 5.39. The Balaban J connectivity index is 2.00. The standard InChI is InChI=1S/C11H15N/c1-8-6-10(8)7-9-2-4-11(12)5-3-9/h2-5,8,10H,6-7,12H2,1H3. The van der Waals surface area contributed by atoms with Gasteiger partial charge in [-0.3, -0.25) is 0 Å². The summed E-state index contributed by atoms with van der Waals surface area (Å²) in [5.41, 5.74) is 7.89. The Bertz CT molecular complexity index is 263. The molecular weight excluding hydrogens is 146 g/mol. The van der Waals surface area contributed by atoms with Crippen molar-refractivity contribution in [2.75, 3.05) is 5.73 Å². The van der Waals surface area contributed by atoms with Crippen molar-refractivity contribution in [3.05, 3.63) is 29.8 Å². The Morgan fingerprint density at radius 2 is 1.92 bits per heavy atom. The second kappa shape index (κ2) is 2.81. The summed E-state index contributed by atoms with van der Waals surface area (Å²) in [5.74, 6) is 1.89. The van der Waals surface area contributed by atoms with Crippen LogP contribution in [0.3, 0.4) is 0 Å². The van der Waals surface area contributed by atoms with Crippen molar-refractivity contribution in [1.29, 1.82) is 0 Å². The second-order valence-corrected chi connectivity index (χ2v) is 3.92. The van der Waals surface area contributed by atoms with Crippen LogP contribution in [0.5, 0.6) is 0 Å². The molecule has 12 heavy (non-hydrogen) atoms. The Hall–Kier alpha value is -0.980. The molecule has 1 aromatic carbocycles. The van der Waals surface area contributed by atoms with E-state index in [-0.39, 0.29) is 0 Å². The fraction of sp³-hybridized carbons (Fsp3) is 0.455. The van der Waals surface area contributed by atoms with Crippen LogP contribution in [0.15, 0.2) is 24.3 Å². The molecule has 1 aliphatic carbocycles. The van der Waals surface area contributed by atoms with Gasteiger partial charge < -0.3 is 5.73 Å². The Morgan fingerprint density at radius 1 is 1.33 bits per heavy atom. The predicted molar refractivity (Wildman–Crippen MR) is 51.8 cm³/mol. The first-order valence-electron chi connectivity index (χ1n) is 4.60. The largest absolute Gasteiger partial charge is 0.399 e. The zero-order valence-corrected chi connectivity index (χ0v) is 7.46. The number of anilines is 1. The van der Waals surface area contributed by atoms with E-state index in [0.717, 1.165) is 17.5 Å². The highest BCUT2D eigenvalue weighted by Crippen LogP contribution is 2.40. The van der Waals surface area contributed by atoms with Crippen LogP contribution < -0.4 is 5.73 Å². The molecule has 1 aromatic rings. The van der Waals surface area contributed by atoms with Gasteiger partial charge in [0.1, 0.15) is 0 Å². The third-order valence-electron chi connectivity index (χ3n) is 2.75. The molecule has 64 valence electrons. The van der Waals surface area contributed by atoms with Crippen LogP contribution in [0, 0.1) is 11.8 Å². The Kier molecular flexibility index (Phi) is 1.80. The summed E-state index contributed by atoms with van der Waals surface area (Å²) in [6.45, 7) is 2.32. The first kappa shape index (κ1) is 7.66. The van der Waals surface area contributed by atoms with E-state index in [9.17, 15) is 0 Å². The molecule has 0 saturated heterocycles. The van der Waals surface area contributed by atoms with Gasteiger partial charge in [-0.1, -0.05) is 19.1 Å². The van der Waals surface area contributed by atoms with Gasteiger partial charge in [0.15, 0.2) is 0 Å². The molecule has 1 nitrogen and oxygen atoms in total. The van der Waals surface area contributed by atoms with Crippen molar-refractivity contribution in [1.82, 2.24) is 0 Å². The third kappa shape index (κ3) is 1.60. The van der Waals surface area contributed by atoms with Gasteiger partial charge in [0, 0.05) is 5.69 Å². The van der Waals surface area contributed by atoms with Crippen molar-refractivity contribution in [3.63, 3.8) is 0 Å². The summed E-state index contributed by atoms with van der Waals surface area (Å²) in [7, 11) is 0. The summed E-state index contributed by atoms with van der Waals surface area (Å²) in [6.07, 6.45) is 2.64. The molecule has 0 radical (unpaired) electrons. The van der Waals surface area contributed by atoms with Crippen LogP contribution in [-0.4, -0.2) is 0 Å². The smallest absolute Gasteiger partial charge is 0.0314 e. The van der Waals surface area contributed by atoms with E-state index >= 15 is 0 Å². The number of rotatable bonds is 2. The lowest BCUT2D eigenvalue weighted by atomic mass is 10.1. The van der Waals surface area contributed by atoms with Gasteiger partial charge in [-0.05, 0) is 42.4 Å². The molecule has 1 heteroatoms. The third-order valence-corrected chi connectivity index (χ3v) is 2.75. The van der Waals surface area contributed by atoms with E-state index < -0.39 is 0 Å². The number of nitrogens with two attached hydrogens (primary N) is 1. The number of benzene rings is 1. The SMILES string of the molecule is CC1CC1Cc1ccc(N)cc1. The minimum absolute atomic E-state index is 0.864. The summed E-state index contributed by atoms with van der Waals surface area (Å²) in [6, 6.07) is 8.26. The highest BCUT2D eigenvalue weighted by Gasteiger charge is 2.31. The van der Waals surface area contributed by atoms with E-state index in [4.69, 9.17) is 5.73 Å². The maximum absolute atomic E-state index is 5.60. The van der Waals surface area contributed by atoms with Crippen LogP contribution in [0.2, 0.25) is 0 Å². The average molecular weight is 161 g/mol. The van der Waals surface area contributed by atoms with Gasteiger partial charge in [-0.2, -0.15) is 0 Å². The summed E-state index contributed by atoms with van der Waals surface area (Å²) in [4.78, 5) is 0. The van der Waals surface area contributed by atoms with Crippen LogP contribution in [0.25, 0.3) is 0 Å². The quantitative estimate of drug-likeness (QED) is 0.662. The minimum Gasteiger partial charge on any atom is -0.399 e. The van der Waals surface area contributed by atoms with Crippen LogP contribution in [0.4, 0.5) is 5.69 Å². The van der Waals surface area contributed by atoms with Crippen molar-refractivity contribution < 1.29 is 0 Å². The maximum Gasteiger partial charge on any atom is 0.0314 e. The van der Waals surface area contributed by atoms with Gasteiger partial charge in [0.2, 0.25) is 0 Å². The molecule has 0 heterocycles. The molecule has 1 aliphatic rings. The lowest BCUT2D eigenvalue weighted by Gasteiger charge is -1.99. The van der Waals surface area contributed by atoms with Gasteiger partial charge in [-0.15, -0.1) is 0 Å². The summed E-state index contributed by atoms with van der Waals surface area (Å²) < 4.78 is 0. The fourth-order valence-corrected chi connectivity index (χ4v) is 1.64. The Morgan fingerprint density at radius 3 is 2.42 bits per heavy atom. The number of nitrogen functional groups attached to an aromatic ring is 1. The monoisotopic (exact) mass is 161 g/mol. The molecule has 0 bridgehead atoms. The topological polar surface area (TPSA) is 26.0 Å². The van der Waals surface area contributed by atoms with Crippen molar-refractivity contribution in [2.45, 2.75) is 19.8 Å². The lowest BCUT2D eigenvalue weighted by Crippen LogP contribution is -1.90. The first-order valence-corrected chi connectivity index (χ1v) is 4.60. The van der Waals surface area contributed by atoms with Crippen molar-refractivity contribution in [3.8, 4) is 0 Å². The van der Waals surface area contributed by atoms with E-state index in [1.807, 2.05) is 12.1 Å². The molecule has 2 rings (SSSR count). The van der Waals surface area contributed by atoms with Gasteiger partial charge in [0.25, 0.3) is 0 Å². The molecular formula is C11H15N. The normalized spacial score (nSPS) is 27.1. The zero-order valence-electron chi connectivity index (χ0n) is 7.46. The highest BCUT2D eigenvalue weighted by atomic mass is 14.5. The van der Waals surface area contributed by atoms with Crippen LogP contribution in [0.1, 0.15) is 18.9 Å². The van der Waals surface area contributed by atoms with Crippen molar-refractivity contribution in [2.24, 2.45) is 11.8 Å². The van der Waals surface area contributed by atoms with E-state index in [0.29, 0.717) is 0 Å². The van der Waals surface area contributed by atoms with E-state index in [2.05, 4.69) is 19.1 Å². The molecule has 1 fully saturated rings. The summed E-state index contributed by atoms with van der Waals surface area (Å²) >= 11 is 0. The summed E-state index contributed by atoms with van der Waals surface area (Å²) in [5, 5.41) is 0. The van der Waals surface area contributed by atoms with E-state index in [1.165, 1.54) is 18.4 Å². The Labute approximate surface area is 73.6 Å². The van der Waals surface area contributed by atoms with Crippen molar-refractivity contribution >= 4 is 5.69 Å². The van der Waals surface area contributed by atoms with Gasteiger partial charge >= 0.3 is 0 Å². The predicted octanol–water partition coefficient (Wildman–Crippen LogP) is 2.47. The molecule has 0 aromatic heterocycles. The molecule has 2 N–H and O–H groups in total. The zero-order chi connectivity index (χ0) is 8.55. The molecule has 0 spiro atoms. The molecule has 2 atom stereocenters. The average Bonchev–Trinajstić information content (AvgIpc) is 2.72. The molecule has 0 aliphatic heterocycles. The van der Waals surface area contributed by atoms with E-state index in [1.54, 1.807) is 0 Å². The van der Waals surface area contributed by atoms with Gasteiger partial charge in [0.05, 0.1) is 0 Å². The fourth-order valence-electron chi connectivity index (χ4n) is 1.64. The number of hydrogen-bond donors (Lipinski definition) is 1.